The summed E-state index contributed by atoms with van der Waals surface area (Å²) in [4.78, 5) is 14.1. The van der Waals surface area contributed by atoms with Gasteiger partial charge in [0.1, 0.15) is 11.5 Å². The number of furan rings is 1. The second-order valence-electron chi connectivity index (χ2n) is 5.53. The molecule has 1 aliphatic heterocycles. The van der Waals surface area contributed by atoms with Gasteiger partial charge in [0.25, 0.3) is 0 Å². The highest BCUT2D eigenvalue weighted by atomic mass is 35.5. The van der Waals surface area contributed by atoms with E-state index in [9.17, 15) is 4.79 Å². The van der Waals surface area contributed by atoms with E-state index in [0.29, 0.717) is 18.1 Å². The SMILES string of the molecule is O=C(CN1CCCC1)NCc1ccc(-c2ccc(Cl)cc2)o1. The number of carbonyl (C=O) groups excluding carboxylic acids is 1. The van der Waals surface area contributed by atoms with Crippen LogP contribution in [0.3, 0.4) is 0 Å². The van der Waals surface area contributed by atoms with E-state index < -0.39 is 0 Å². The van der Waals surface area contributed by atoms with Crippen LogP contribution in [-0.4, -0.2) is 30.4 Å². The Kier molecular flexibility index (Phi) is 4.80. The summed E-state index contributed by atoms with van der Waals surface area (Å²) in [6, 6.07) is 11.3. The van der Waals surface area contributed by atoms with Crippen molar-refractivity contribution < 1.29 is 9.21 Å². The van der Waals surface area contributed by atoms with Crippen molar-refractivity contribution in [2.45, 2.75) is 19.4 Å². The molecular weight excluding hydrogens is 300 g/mol. The van der Waals surface area contributed by atoms with E-state index in [2.05, 4.69) is 10.2 Å². The van der Waals surface area contributed by atoms with E-state index >= 15 is 0 Å². The van der Waals surface area contributed by atoms with Gasteiger partial charge in [-0.25, -0.2) is 0 Å². The highest BCUT2D eigenvalue weighted by molar-refractivity contribution is 6.30. The number of nitrogens with one attached hydrogen (secondary N) is 1. The van der Waals surface area contributed by atoms with E-state index in [-0.39, 0.29) is 5.91 Å². The highest BCUT2D eigenvalue weighted by Gasteiger charge is 2.15. The topological polar surface area (TPSA) is 45.5 Å². The number of halogens is 1. The predicted octanol–water partition coefficient (Wildman–Crippen LogP) is 3.31. The normalized spacial score (nSPS) is 15.1. The zero-order valence-electron chi connectivity index (χ0n) is 12.3. The Morgan fingerprint density at radius 2 is 1.86 bits per heavy atom. The molecule has 2 heterocycles. The lowest BCUT2D eigenvalue weighted by atomic mass is 10.2. The molecule has 1 amide bonds. The van der Waals surface area contributed by atoms with E-state index in [1.54, 1.807) is 0 Å². The first-order chi connectivity index (χ1) is 10.7. The van der Waals surface area contributed by atoms with Crippen LogP contribution in [0.4, 0.5) is 0 Å². The first kappa shape index (κ1) is 15.1. The summed E-state index contributed by atoms with van der Waals surface area (Å²) in [5.41, 5.74) is 0.971. The van der Waals surface area contributed by atoms with Crippen LogP contribution >= 0.6 is 11.6 Å². The van der Waals surface area contributed by atoms with Crippen molar-refractivity contribution in [3.63, 3.8) is 0 Å². The van der Waals surface area contributed by atoms with Crippen LogP contribution in [0, 0.1) is 0 Å². The lowest BCUT2D eigenvalue weighted by Crippen LogP contribution is -2.35. The fourth-order valence-electron chi connectivity index (χ4n) is 2.63. The zero-order valence-corrected chi connectivity index (χ0v) is 13.1. The van der Waals surface area contributed by atoms with Crippen molar-refractivity contribution in [3.05, 3.63) is 47.2 Å². The lowest BCUT2D eigenvalue weighted by Gasteiger charge is -2.13. The van der Waals surface area contributed by atoms with Gasteiger partial charge in [0.05, 0.1) is 13.1 Å². The molecule has 3 rings (SSSR count). The summed E-state index contributed by atoms with van der Waals surface area (Å²) < 4.78 is 5.76. The molecule has 1 aromatic heterocycles. The number of likely N-dealkylation sites (tertiary alicyclic amines) is 1. The van der Waals surface area contributed by atoms with Gasteiger partial charge in [0, 0.05) is 10.6 Å². The van der Waals surface area contributed by atoms with Gasteiger partial charge in [0.15, 0.2) is 0 Å². The summed E-state index contributed by atoms with van der Waals surface area (Å²) in [6.07, 6.45) is 2.38. The summed E-state index contributed by atoms with van der Waals surface area (Å²) in [7, 11) is 0. The Labute approximate surface area is 135 Å². The number of rotatable bonds is 5. The third kappa shape index (κ3) is 3.90. The Bertz CT molecular complexity index is 630. The fourth-order valence-corrected chi connectivity index (χ4v) is 2.75. The molecule has 5 heteroatoms. The molecule has 0 aliphatic carbocycles. The Morgan fingerprint density at radius 3 is 2.59 bits per heavy atom. The molecule has 0 radical (unpaired) electrons. The van der Waals surface area contributed by atoms with Crippen LogP contribution in [-0.2, 0) is 11.3 Å². The number of nitrogens with zero attached hydrogens (tertiary/aromatic N) is 1. The van der Waals surface area contributed by atoms with Crippen LogP contribution in [0.25, 0.3) is 11.3 Å². The van der Waals surface area contributed by atoms with Gasteiger partial charge in [-0.15, -0.1) is 0 Å². The quantitative estimate of drug-likeness (QED) is 0.920. The van der Waals surface area contributed by atoms with Crippen molar-refractivity contribution >= 4 is 17.5 Å². The summed E-state index contributed by atoms with van der Waals surface area (Å²) in [6.45, 7) is 2.94. The minimum atomic E-state index is 0.0475. The standard InChI is InChI=1S/C17H19ClN2O2/c18-14-5-3-13(4-6-14)16-8-7-15(22-16)11-19-17(21)12-20-9-1-2-10-20/h3-8H,1-2,9-12H2,(H,19,21). The summed E-state index contributed by atoms with van der Waals surface area (Å²) in [5.74, 6) is 1.58. The zero-order chi connectivity index (χ0) is 15.4. The Hall–Kier alpha value is -1.78. The predicted molar refractivity (Wildman–Crippen MR) is 86.7 cm³/mol. The van der Waals surface area contributed by atoms with Gasteiger partial charge in [-0.2, -0.15) is 0 Å². The molecule has 4 nitrogen and oxygen atoms in total. The monoisotopic (exact) mass is 318 g/mol. The summed E-state index contributed by atoms with van der Waals surface area (Å²) in [5, 5.41) is 3.60. The van der Waals surface area contributed by atoms with Crippen molar-refractivity contribution in [1.29, 1.82) is 0 Å². The first-order valence-electron chi connectivity index (χ1n) is 7.54. The van der Waals surface area contributed by atoms with Gasteiger partial charge >= 0.3 is 0 Å². The van der Waals surface area contributed by atoms with E-state index in [1.165, 1.54) is 12.8 Å². The van der Waals surface area contributed by atoms with Gasteiger partial charge < -0.3 is 9.73 Å². The van der Waals surface area contributed by atoms with Crippen molar-refractivity contribution in [2.75, 3.05) is 19.6 Å². The Balaban J connectivity index is 1.53. The number of benzene rings is 1. The molecular formula is C17H19ClN2O2. The molecule has 0 bridgehead atoms. The molecule has 1 saturated heterocycles. The second kappa shape index (κ2) is 6.99. The molecule has 1 aromatic carbocycles. The molecule has 0 spiro atoms. The maximum Gasteiger partial charge on any atom is 0.234 e. The third-order valence-electron chi connectivity index (χ3n) is 3.82. The van der Waals surface area contributed by atoms with Gasteiger partial charge in [-0.3, -0.25) is 9.69 Å². The second-order valence-corrected chi connectivity index (χ2v) is 5.97. The average molecular weight is 319 g/mol. The van der Waals surface area contributed by atoms with Crippen LogP contribution in [0.2, 0.25) is 5.02 Å². The van der Waals surface area contributed by atoms with Gasteiger partial charge in [-0.05, 0) is 62.3 Å². The van der Waals surface area contributed by atoms with Gasteiger partial charge in [0.2, 0.25) is 5.91 Å². The number of amides is 1. The maximum absolute atomic E-state index is 11.9. The van der Waals surface area contributed by atoms with Crippen molar-refractivity contribution in [3.8, 4) is 11.3 Å². The molecule has 0 saturated carbocycles. The first-order valence-corrected chi connectivity index (χ1v) is 7.92. The van der Waals surface area contributed by atoms with Crippen LogP contribution in [0.1, 0.15) is 18.6 Å². The number of carbonyl (C=O) groups is 1. The molecule has 22 heavy (non-hydrogen) atoms. The number of hydrogen-bond acceptors (Lipinski definition) is 3. The maximum atomic E-state index is 11.9. The minimum Gasteiger partial charge on any atom is -0.459 e. The van der Waals surface area contributed by atoms with E-state index in [1.807, 2.05) is 36.4 Å². The minimum absolute atomic E-state index is 0.0475. The van der Waals surface area contributed by atoms with Crippen molar-refractivity contribution in [1.82, 2.24) is 10.2 Å². The highest BCUT2D eigenvalue weighted by Crippen LogP contribution is 2.23. The smallest absolute Gasteiger partial charge is 0.234 e. The van der Waals surface area contributed by atoms with Crippen LogP contribution in [0.5, 0.6) is 0 Å². The molecule has 116 valence electrons. The summed E-state index contributed by atoms with van der Waals surface area (Å²) >= 11 is 5.88. The molecule has 0 atom stereocenters. The molecule has 1 aliphatic rings. The molecule has 1 N–H and O–H groups in total. The molecule has 2 aromatic rings. The third-order valence-corrected chi connectivity index (χ3v) is 4.07. The van der Waals surface area contributed by atoms with Crippen LogP contribution < -0.4 is 5.32 Å². The molecule has 1 fully saturated rings. The van der Waals surface area contributed by atoms with Crippen LogP contribution in [0.15, 0.2) is 40.8 Å². The number of hydrogen-bond donors (Lipinski definition) is 1. The van der Waals surface area contributed by atoms with Crippen molar-refractivity contribution in [2.24, 2.45) is 0 Å². The van der Waals surface area contributed by atoms with E-state index in [4.69, 9.17) is 16.0 Å². The van der Waals surface area contributed by atoms with Gasteiger partial charge in [-0.1, -0.05) is 11.6 Å². The lowest BCUT2D eigenvalue weighted by molar-refractivity contribution is -0.122. The largest absolute Gasteiger partial charge is 0.459 e. The van der Waals surface area contributed by atoms with E-state index in [0.717, 1.165) is 30.2 Å². The average Bonchev–Trinajstić information content (AvgIpc) is 3.17. The fraction of sp³-hybridized carbons (Fsp3) is 0.353. The Morgan fingerprint density at radius 1 is 1.14 bits per heavy atom. The molecule has 0 unspecified atom stereocenters.